The number of nitrogens with zero attached hydrogens (tertiary/aromatic N) is 4. The molecule has 4 rings (SSSR count). The molecule has 1 aliphatic rings. The van der Waals surface area contributed by atoms with E-state index in [9.17, 15) is 18.0 Å². The minimum Gasteiger partial charge on any atom is -0.452 e. The van der Waals surface area contributed by atoms with Gasteiger partial charge in [0.05, 0.1) is 30.0 Å². The number of benzene rings is 1. The summed E-state index contributed by atoms with van der Waals surface area (Å²) >= 11 is 0. The molecule has 3 heterocycles. The topological polar surface area (TPSA) is 133 Å². The average Bonchev–Trinajstić information content (AvgIpc) is 3.25. The van der Waals surface area contributed by atoms with Crippen LogP contribution < -0.4 is 5.32 Å². The van der Waals surface area contributed by atoms with E-state index < -0.39 is 28.5 Å². The average molecular weight is 486 g/mol. The second-order valence-corrected chi connectivity index (χ2v) is 9.35. The van der Waals surface area contributed by atoms with E-state index in [-0.39, 0.29) is 29.2 Å². The summed E-state index contributed by atoms with van der Waals surface area (Å²) in [5, 5.41) is 6.71. The number of pyridine rings is 1. The highest BCUT2D eigenvalue weighted by Crippen LogP contribution is 2.20. The lowest BCUT2D eigenvalue weighted by molar-refractivity contribution is -0.119. The lowest BCUT2D eigenvalue weighted by Crippen LogP contribution is -2.40. The molecule has 178 valence electrons. The molecule has 34 heavy (non-hydrogen) atoms. The van der Waals surface area contributed by atoms with Crippen LogP contribution in [-0.2, 0) is 24.3 Å². The Labute approximate surface area is 196 Å². The van der Waals surface area contributed by atoms with Crippen molar-refractivity contribution in [1.82, 2.24) is 19.1 Å². The van der Waals surface area contributed by atoms with Gasteiger partial charge in [0.15, 0.2) is 12.4 Å². The van der Waals surface area contributed by atoms with E-state index in [0.29, 0.717) is 24.7 Å². The van der Waals surface area contributed by atoms with Crippen LogP contribution in [0.4, 0.5) is 5.69 Å². The molecule has 0 radical (unpaired) electrons. The van der Waals surface area contributed by atoms with Crippen LogP contribution in [0.2, 0.25) is 0 Å². The molecule has 0 aliphatic carbocycles. The van der Waals surface area contributed by atoms with Gasteiger partial charge in [-0.15, -0.1) is 0 Å². The first kappa shape index (κ1) is 23.5. The number of aromatic nitrogens is 3. The number of sulfonamides is 1. The molecule has 12 heteroatoms. The van der Waals surface area contributed by atoms with E-state index in [1.165, 1.54) is 33.4 Å². The van der Waals surface area contributed by atoms with Gasteiger partial charge in [-0.25, -0.2) is 22.9 Å². The third-order valence-corrected chi connectivity index (χ3v) is 7.05. The Kier molecular flexibility index (Phi) is 7.01. The summed E-state index contributed by atoms with van der Waals surface area (Å²) in [6.45, 7) is 2.35. The Bertz CT molecular complexity index is 1290. The monoisotopic (exact) mass is 485 g/mol. The largest absolute Gasteiger partial charge is 0.452 e. The zero-order chi connectivity index (χ0) is 24.1. The van der Waals surface area contributed by atoms with E-state index in [1.807, 2.05) is 0 Å². The normalized spacial score (nSPS) is 14.5. The highest BCUT2D eigenvalue weighted by molar-refractivity contribution is 7.89. The number of rotatable bonds is 7. The smallest absolute Gasteiger partial charge is 0.342 e. The maximum Gasteiger partial charge on any atom is 0.342 e. The second kappa shape index (κ2) is 10.1. The van der Waals surface area contributed by atoms with Gasteiger partial charge >= 0.3 is 5.97 Å². The van der Waals surface area contributed by atoms with Crippen LogP contribution in [0.25, 0.3) is 5.82 Å². The number of hydrogen-bond donors (Lipinski definition) is 1. The number of esters is 1. The minimum atomic E-state index is -3.71. The fourth-order valence-corrected chi connectivity index (χ4v) is 4.85. The van der Waals surface area contributed by atoms with Crippen molar-refractivity contribution in [2.24, 2.45) is 0 Å². The summed E-state index contributed by atoms with van der Waals surface area (Å²) < 4.78 is 38.8. The van der Waals surface area contributed by atoms with E-state index in [1.54, 1.807) is 37.4 Å². The zero-order valence-electron chi connectivity index (χ0n) is 18.4. The van der Waals surface area contributed by atoms with E-state index >= 15 is 0 Å². The molecular formula is C22H23N5O6S. The van der Waals surface area contributed by atoms with Crippen LogP contribution in [0, 0.1) is 6.92 Å². The van der Waals surface area contributed by atoms with Crippen LogP contribution in [0.1, 0.15) is 16.1 Å². The van der Waals surface area contributed by atoms with Crippen LogP contribution in [0.3, 0.4) is 0 Å². The number of ether oxygens (including phenoxy) is 2. The number of anilines is 1. The van der Waals surface area contributed by atoms with Gasteiger partial charge in [0.2, 0.25) is 10.0 Å². The Hall–Kier alpha value is -3.61. The first-order chi connectivity index (χ1) is 16.4. The van der Waals surface area contributed by atoms with E-state index in [0.717, 1.165) is 0 Å². The van der Waals surface area contributed by atoms with Gasteiger partial charge in [0.1, 0.15) is 5.56 Å². The molecule has 0 bridgehead atoms. The van der Waals surface area contributed by atoms with E-state index in [2.05, 4.69) is 15.4 Å². The molecule has 11 nitrogen and oxygen atoms in total. The Balaban J connectivity index is 1.37. The molecule has 1 amide bonds. The summed E-state index contributed by atoms with van der Waals surface area (Å²) in [6, 6.07) is 11.2. The maximum absolute atomic E-state index is 12.8. The number of nitrogens with one attached hydrogen (secondary N) is 1. The number of morpholine rings is 1. The summed E-state index contributed by atoms with van der Waals surface area (Å²) in [4.78, 5) is 29.0. The molecule has 0 saturated carbocycles. The molecule has 3 aromatic rings. The molecular weight excluding hydrogens is 462 g/mol. The lowest BCUT2D eigenvalue weighted by Gasteiger charge is -2.26. The predicted octanol–water partition coefficient (Wildman–Crippen LogP) is 1.39. The predicted molar refractivity (Wildman–Crippen MR) is 121 cm³/mol. The standard InChI is InChI=1S/C22H23N5O6S/c1-16-19(14-24-27(16)20-7-2-3-8-23-20)22(29)33-15-21(28)25-17-5-4-6-18(13-17)34(30,31)26-9-11-32-12-10-26/h2-8,13-14H,9-12,15H2,1H3,(H,25,28). The lowest BCUT2D eigenvalue weighted by atomic mass is 10.2. The summed E-state index contributed by atoms with van der Waals surface area (Å²) in [6.07, 6.45) is 2.96. The fourth-order valence-electron chi connectivity index (χ4n) is 3.40. The van der Waals surface area contributed by atoms with Crippen molar-refractivity contribution in [3.05, 3.63) is 66.1 Å². The first-order valence-electron chi connectivity index (χ1n) is 10.5. The summed E-state index contributed by atoms with van der Waals surface area (Å²) in [7, 11) is -3.71. The SMILES string of the molecule is Cc1c(C(=O)OCC(=O)Nc2cccc(S(=O)(=O)N3CCOCC3)c2)cnn1-c1ccccn1. The van der Waals surface area contributed by atoms with Crippen molar-refractivity contribution in [3.8, 4) is 5.82 Å². The van der Waals surface area contributed by atoms with Crippen molar-refractivity contribution in [2.75, 3.05) is 38.2 Å². The molecule has 1 fully saturated rings. The van der Waals surface area contributed by atoms with Gasteiger partial charge in [0, 0.05) is 25.0 Å². The van der Waals surface area contributed by atoms with Gasteiger partial charge in [-0.05, 0) is 37.3 Å². The van der Waals surface area contributed by atoms with Crippen LogP contribution in [0.15, 0.2) is 59.8 Å². The van der Waals surface area contributed by atoms with Gasteiger partial charge in [0.25, 0.3) is 5.91 Å². The van der Waals surface area contributed by atoms with Gasteiger partial charge in [-0.2, -0.15) is 9.40 Å². The molecule has 1 N–H and O–H groups in total. The molecule has 1 saturated heterocycles. The quantitative estimate of drug-likeness (QED) is 0.497. The number of hydrogen-bond acceptors (Lipinski definition) is 8. The molecule has 1 aromatic carbocycles. The Morgan fingerprint density at radius 3 is 2.68 bits per heavy atom. The minimum absolute atomic E-state index is 0.0572. The van der Waals surface area contributed by atoms with Crippen LogP contribution in [-0.4, -0.2) is 72.3 Å². The van der Waals surface area contributed by atoms with Crippen molar-refractivity contribution < 1.29 is 27.5 Å². The maximum atomic E-state index is 12.8. The van der Waals surface area contributed by atoms with Crippen molar-refractivity contribution in [2.45, 2.75) is 11.8 Å². The summed E-state index contributed by atoms with van der Waals surface area (Å²) in [5.74, 6) is -0.772. The molecule has 0 spiro atoms. The van der Waals surface area contributed by atoms with Gasteiger partial charge < -0.3 is 14.8 Å². The van der Waals surface area contributed by atoms with Crippen LogP contribution >= 0.6 is 0 Å². The number of carbonyl (C=O) groups excluding carboxylic acids is 2. The third-order valence-electron chi connectivity index (χ3n) is 5.16. The molecule has 1 aliphatic heterocycles. The number of carbonyl (C=O) groups is 2. The molecule has 0 unspecified atom stereocenters. The third kappa shape index (κ3) is 5.14. The molecule has 0 atom stereocenters. The van der Waals surface area contributed by atoms with Crippen molar-refractivity contribution in [3.63, 3.8) is 0 Å². The summed E-state index contributed by atoms with van der Waals surface area (Å²) in [5.41, 5.74) is 0.997. The Morgan fingerprint density at radius 1 is 1.15 bits per heavy atom. The fraction of sp³-hybridized carbons (Fsp3) is 0.273. The van der Waals surface area contributed by atoms with E-state index in [4.69, 9.17) is 9.47 Å². The highest BCUT2D eigenvalue weighted by Gasteiger charge is 2.26. The first-order valence-corrected chi connectivity index (χ1v) is 11.9. The number of amides is 1. The highest BCUT2D eigenvalue weighted by atomic mass is 32.2. The van der Waals surface area contributed by atoms with Gasteiger partial charge in [-0.1, -0.05) is 12.1 Å². The molecule has 2 aromatic heterocycles. The second-order valence-electron chi connectivity index (χ2n) is 7.41. The Morgan fingerprint density at radius 2 is 1.94 bits per heavy atom. The van der Waals surface area contributed by atoms with Crippen molar-refractivity contribution in [1.29, 1.82) is 0 Å². The van der Waals surface area contributed by atoms with Crippen molar-refractivity contribution >= 4 is 27.6 Å². The van der Waals surface area contributed by atoms with Crippen LogP contribution in [0.5, 0.6) is 0 Å². The zero-order valence-corrected chi connectivity index (χ0v) is 19.2. The van der Waals surface area contributed by atoms with Gasteiger partial charge in [-0.3, -0.25) is 4.79 Å².